The second kappa shape index (κ2) is 9.66. The van der Waals surface area contributed by atoms with Gasteiger partial charge in [-0.15, -0.1) is 0 Å². The fourth-order valence-corrected chi connectivity index (χ4v) is 5.79. The molecule has 2 aliphatic rings. The Labute approximate surface area is 238 Å². The van der Waals surface area contributed by atoms with Crippen LogP contribution in [-0.2, 0) is 11.8 Å². The normalized spacial score (nSPS) is 17.4. The van der Waals surface area contributed by atoms with Crippen LogP contribution in [0.5, 0.6) is 23.0 Å². The third-order valence-electron chi connectivity index (χ3n) is 8.16. The van der Waals surface area contributed by atoms with E-state index in [9.17, 15) is 15.0 Å². The van der Waals surface area contributed by atoms with Crippen molar-refractivity contribution in [3.63, 3.8) is 0 Å². The number of carbonyl (C=O) groups is 1. The first-order valence-electron chi connectivity index (χ1n) is 13.5. The predicted octanol–water partition coefficient (Wildman–Crippen LogP) is 5.85. The van der Waals surface area contributed by atoms with Gasteiger partial charge in [0.25, 0.3) is 0 Å². The molecule has 1 aliphatic heterocycles. The number of aryl methyl sites for hydroxylation is 1. The van der Waals surface area contributed by atoms with E-state index in [4.69, 9.17) is 14.5 Å². The minimum absolute atomic E-state index is 0.119. The van der Waals surface area contributed by atoms with Crippen LogP contribution >= 0.6 is 0 Å². The number of phenols is 2. The quantitative estimate of drug-likeness (QED) is 0.292. The number of ketones is 1. The number of aliphatic imine (C=N–C) groups is 1. The highest BCUT2D eigenvalue weighted by Gasteiger charge is 2.55. The minimum atomic E-state index is -1.29. The summed E-state index contributed by atoms with van der Waals surface area (Å²) < 4.78 is 13.3. The van der Waals surface area contributed by atoms with Gasteiger partial charge in [-0.05, 0) is 63.9 Å². The summed E-state index contributed by atoms with van der Waals surface area (Å²) in [7, 11) is 1.63. The molecule has 208 valence electrons. The van der Waals surface area contributed by atoms with Gasteiger partial charge in [0.1, 0.15) is 34.2 Å². The van der Waals surface area contributed by atoms with Crippen LogP contribution in [0.3, 0.4) is 0 Å². The lowest BCUT2D eigenvalue weighted by Crippen LogP contribution is -2.36. The molecule has 1 aliphatic carbocycles. The average molecular weight is 550 g/mol. The van der Waals surface area contributed by atoms with Gasteiger partial charge in [0, 0.05) is 23.9 Å². The Morgan fingerprint density at radius 1 is 1.07 bits per heavy atom. The van der Waals surface area contributed by atoms with Crippen molar-refractivity contribution in [1.29, 1.82) is 0 Å². The number of methoxy groups -OCH3 is 1. The number of nitrogens with zero attached hydrogens (tertiary/aromatic N) is 3. The summed E-state index contributed by atoms with van der Waals surface area (Å²) >= 11 is 0. The van der Waals surface area contributed by atoms with E-state index in [0.29, 0.717) is 52.5 Å². The Hall–Kier alpha value is -4.85. The Morgan fingerprint density at radius 2 is 1.78 bits per heavy atom. The number of rotatable bonds is 6. The fraction of sp³-hybridized carbons (Fsp3) is 0.242. The number of Topliss-reactive ketones (excluding diaryl/α,β-unsaturated/α-hetero) is 1. The number of allylic oxidation sites excluding steroid dienone is 1. The molecule has 0 saturated carbocycles. The molecule has 2 N–H and O–H groups in total. The maximum absolute atomic E-state index is 14.3. The lowest BCUT2D eigenvalue weighted by Gasteiger charge is -2.27. The van der Waals surface area contributed by atoms with E-state index >= 15 is 0 Å². The standard InChI is InChI=1S/C33H31N3O5/c1-18-29(37)27(19(2)34-16-15-21-11-13-23(40-5)14-12-21)31-28(30(18)38)33(4)25(41-31)17-24-26(32(33)39)20(3)35-36(24)22-9-7-6-8-10-22/h6-14,17,37-38H,15-16H2,1-5H3/t33-/m0/s1. The van der Waals surface area contributed by atoms with Gasteiger partial charge in [-0.3, -0.25) is 9.79 Å². The molecule has 0 spiro atoms. The Balaban J connectivity index is 1.43. The Morgan fingerprint density at radius 3 is 2.46 bits per heavy atom. The maximum Gasteiger partial charge on any atom is 0.185 e. The molecule has 3 aromatic carbocycles. The number of aromatic hydroxyl groups is 2. The highest BCUT2D eigenvalue weighted by Crippen LogP contribution is 2.58. The molecule has 0 amide bonds. The smallest absolute Gasteiger partial charge is 0.185 e. The molecule has 0 unspecified atom stereocenters. The summed E-state index contributed by atoms with van der Waals surface area (Å²) in [5, 5.41) is 27.2. The van der Waals surface area contributed by atoms with Crippen molar-refractivity contribution in [3.05, 3.63) is 99.6 Å². The van der Waals surface area contributed by atoms with Crippen LogP contribution in [0.2, 0.25) is 0 Å². The van der Waals surface area contributed by atoms with Gasteiger partial charge in [-0.2, -0.15) is 5.10 Å². The number of benzene rings is 3. The van der Waals surface area contributed by atoms with Gasteiger partial charge in [0.2, 0.25) is 0 Å². The van der Waals surface area contributed by atoms with E-state index in [1.54, 1.807) is 32.6 Å². The number of hydrogen-bond donors (Lipinski definition) is 2. The van der Waals surface area contributed by atoms with Crippen molar-refractivity contribution in [2.75, 3.05) is 13.7 Å². The third kappa shape index (κ3) is 3.93. The van der Waals surface area contributed by atoms with Crippen molar-refractivity contribution >= 4 is 17.6 Å². The lowest BCUT2D eigenvalue weighted by molar-refractivity contribution is 0.0905. The molecule has 0 radical (unpaired) electrons. The van der Waals surface area contributed by atoms with Gasteiger partial charge in [-0.25, -0.2) is 4.68 Å². The van der Waals surface area contributed by atoms with Crippen molar-refractivity contribution in [1.82, 2.24) is 9.78 Å². The zero-order chi connectivity index (χ0) is 29.1. The number of phenolic OH excluding ortho intramolecular Hbond substituents is 2. The monoisotopic (exact) mass is 549 g/mol. The number of fused-ring (bicyclic) bond motifs is 4. The van der Waals surface area contributed by atoms with E-state index in [0.717, 1.165) is 17.0 Å². The SMILES string of the molecule is COc1ccc(CCN=C(C)c2c(O)c(C)c(O)c3c2OC2=Cc4c(c(C)nn4-c4ccccc4)C(=O)[C@@]23C)cc1. The minimum Gasteiger partial charge on any atom is -0.507 e. The second-order valence-corrected chi connectivity index (χ2v) is 10.6. The largest absolute Gasteiger partial charge is 0.507 e. The maximum atomic E-state index is 14.3. The number of hydrogen-bond acceptors (Lipinski definition) is 7. The Bertz CT molecular complexity index is 1770. The van der Waals surface area contributed by atoms with E-state index in [1.165, 1.54) is 0 Å². The van der Waals surface area contributed by atoms with Crippen LogP contribution in [0.25, 0.3) is 11.8 Å². The molecule has 0 fully saturated rings. The number of ether oxygens (including phenoxy) is 2. The molecule has 8 heteroatoms. The zero-order valence-corrected chi connectivity index (χ0v) is 23.6. The molecule has 1 atom stereocenters. The highest BCUT2D eigenvalue weighted by molar-refractivity contribution is 6.15. The van der Waals surface area contributed by atoms with E-state index < -0.39 is 5.41 Å². The van der Waals surface area contributed by atoms with Crippen LogP contribution < -0.4 is 9.47 Å². The fourth-order valence-electron chi connectivity index (χ4n) is 5.79. The van der Waals surface area contributed by atoms with Crippen LogP contribution in [0.1, 0.15) is 57.8 Å². The van der Waals surface area contributed by atoms with Crippen molar-refractivity contribution < 1.29 is 24.5 Å². The summed E-state index contributed by atoms with van der Waals surface area (Å²) in [4.78, 5) is 19.0. The Kier molecular flexibility index (Phi) is 6.21. The summed E-state index contributed by atoms with van der Waals surface area (Å²) in [6.07, 6.45) is 2.50. The van der Waals surface area contributed by atoms with Crippen LogP contribution in [-0.4, -0.2) is 45.1 Å². The molecular weight excluding hydrogens is 518 g/mol. The summed E-state index contributed by atoms with van der Waals surface area (Å²) in [5.74, 6) is 0.909. The van der Waals surface area contributed by atoms with Gasteiger partial charge < -0.3 is 19.7 Å². The molecule has 8 nitrogen and oxygen atoms in total. The van der Waals surface area contributed by atoms with Crippen LogP contribution in [0.4, 0.5) is 0 Å². The summed E-state index contributed by atoms with van der Waals surface area (Å²) in [6.45, 7) is 7.47. The van der Waals surface area contributed by atoms with Crippen molar-refractivity contribution in [2.24, 2.45) is 4.99 Å². The van der Waals surface area contributed by atoms with Crippen molar-refractivity contribution in [3.8, 4) is 28.7 Å². The molecule has 6 rings (SSSR count). The number of aromatic nitrogens is 2. The molecular formula is C33H31N3O5. The lowest BCUT2D eigenvalue weighted by atomic mass is 9.71. The number of para-hydroxylation sites is 1. The van der Waals surface area contributed by atoms with Gasteiger partial charge in [0.05, 0.1) is 40.9 Å². The molecule has 4 aromatic rings. The summed E-state index contributed by atoms with van der Waals surface area (Å²) in [5.41, 5.74) is 3.84. The first kappa shape index (κ1) is 26.4. The first-order valence-corrected chi connectivity index (χ1v) is 13.5. The number of carbonyl (C=O) groups excluding carboxylic acids is 1. The summed E-state index contributed by atoms with van der Waals surface area (Å²) in [6, 6.07) is 17.4. The van der Waals surface area contributed by atoms with E-state index in [1.807, 2.05) is 67.6 Å². The molecule has 2 heterocycles. The molecule has 0 bridgehead atoms. The van der Waals surface area contributed by atoms with E-state index in [2.05, 4.69) is 5.10 Å². The van der Waals surface area contributed by atoms with Crippen LogP contribution in [0, 0.1) is 13.8 Å². The predicted molar refractivity (Wildman–Crippen MR) is 157 cm³/mol. The molecule has 1 aromatic heterocycles. The van der Waals surface area contributed by atoms with Crippen molar-refractivity contribution in [2.45, 2.75) is 39.5 Å². The van der Waals surface area contributed by atoms with Crippen LogP contribution in [0.15, 0.2) is 65.3 Å². The molecule has 0 saturated heterocycles. The highest BCUT2D eigenvalue weighted by atomic mass is 16.5. The average Bonchev–Trinajstić information content (AvgIpc) is 3.47. The first-order chi connectivity index (χ1) is 19.7. The third-order valence-corrected chi connectivity index (χ3v) is 8.16. The van der Waals surface area contributed by atoms with E-state index in [-0.39, 0.29) is 28.6 Å². The zero-order valence-electron chi connectivity index (χ0n) is 23.6. The second-order valence-electron chi connectivity index (χ2n) is 10.6. The van der Waals surface area contributed by atoms with Gasteiger partial charge >= 0.3 is 0 Å². The van der Waals surface area contributed by atoms with Gasteiger partial charge in [0.15, 0.2) is 5.78 Å². The molecule has 41 heavy (non-hydrogen) atoms. The topological polar surface area (TPSA) is 106 Å². The van der Waals surface area contributed by atoms with Gasteiger partial charge in [-0.1, -0.05) is 30.3 Å².